The van der Waals surface area contributed by atoms with Crippen molar-refractivity contribution in [3.05, 3.63) is 80.5 Å². The van der Waals surface area contributed by atoms with Crippen LogP contribution in [0.3, 0.4) is 0 Å². The van der Waals surface area contributed by atoms with Crippen LogP contribution in [-0.2, 0) is 15.7 Å². The molecule has 2 aromatic carbocycles. The third kappa shape index (κ3) is 7.84. The van der Waals surface area contributed by atoms with E-state index >= 15 is 0 Å². The first kappa shape index (κ1) is 33.4. The minimum absolute atomic E-state index is 0.0210. The fourth-order valence-corrected chi connectivity index (χ4v) is 4.51. The number of aromatic nitrogens is 3. The lowest BCUT2D eigenvalue weighted by Crippen LogP contribution is -2.29. The molecule has 8 nitrogen and oxygen atoms in total. The van der Waals surface area contributed by atoms with E-state index in [4.69, 9.17) is 38.4 Å². The number of nitrogens with two attached hydrogens (primary N) is 1. The summed E-state index contributed by atoms with van der Waals surface area (Å²) in [7, 11) is 0. The van der Waals surface area contributed by atoms with Gasteiger partial charge in [-0.05, 0) is 50.6 Å². The quantitative estimate of drug-likeness (QED) is 0.109. The molecule has 0 saturated heterocycles. The molecule has 1 aromatic heterocycles. The summed E-state index contributed by atoms with van der Waals surface area (Å²) in [6, 6.07) is 4.62. The van der Waals surface area contributed by atoms with Crippen molar-refractivity contribution in [3.63, 3.8) is 0 Å². The van der Waals surface area contributed by atoms with E-state index in [0.29, 0.717) is 6.61 Å². The van der Waals surface area contributed by atoms with Gasteiger partial charge in [0.25, 0.3) is 0 Å². The summed E-state index contributed by atoms with van der Waals surface area (Å²) >= 11 is 11.7. The van der Waals surface area contributed by atoms with Crippen LogP contribution in [-0.4, -0.2) is 58.6 Å². The van der Waals surface area contributed by atoms with E-state index in [0.717, 1.165) is 29.2 Å². The maximum Gasteiger partial charge on any atom is 0.418 e. The molecule has 3 N–H and O–H groups in total. The zero-order chi connectivity index (χ0) is 31.2. The van der Waals surface area contributed by atoms with Crippen molar-refractivity contribution in [2.45, 2.75) is 39.2 Å². The second-order valence-electron chi connectivity index (χ2n) is 8.94. The highest BCUT2D eigenvalue weighted by Gasteiger charge is 2.38. The topological polar surface area (TPSA) is 108 Å². The van der Waals surface area contributed by atoms with Gasteiger partial charge in [0, 0.05) is 35.2 Å². The Morgan fingerprint density at radius 2 is 1.88 bits per heavy atom. The number of alkyl halides is 3. The number of halogens is 7. The van der Waals surface area contributed by atoms with Crippen molar-refractivity contribution < 1.29 is 36.5 Å². The molecule has 228 valence electrons. The number of ether oxygens (including phenoxy) is 2. The van der Waals surface area contributed by atoms with Gasteiger partial charge in [0.1, 0.15) is 18.0 Å². The summed E-state index contributed by atoms with van der Waals surface area (Å²) in [5.74, 6) is -2.57. The SMILES string of the molecule is CCOCCOC(c1nc(C)nn1-c1cc(Cl)cc(C)c1C(F)(F)F)[C@@H](O)CN=C/C(=C\N)c1ccc(Cl)c(F)c1F. The summed E-state index contributed by atoms with van der Waals surface area (Å²) in [4.78, 5) is 8.34. The molecule has 0 fully saturated rings. The second kappa shape index (κ2) is 14.4. The number of rotatable bonds is 12. The van der Waals surface area contributed by atoms with E-state index in [1.807, 2.05) is 0 Å². The molecule has 2 atom stereocenters. The Morgan fingerprint density at radius 1 is 1.17 bits per heavy atom. The molecule has 0 bridgehead atoms. The van der Waals surface area contributed by atoms with Gasteiger partial charge in [-0.1, -0.05) is 23.2 Å². The molecular weight excluding hydrogens is 608 g/mol. The zero-order valence-electron chi connectivity index (χ0n) is 22.7. The molecular formula is C27H28Cl2F5N5O3. The van der Waals surface area contributed by atoms with E-state index in [9.17, 15) is 27.1 Å². The van der Waals surface area contributed by atoms with Crippen molar-refractivity contribution in [2.75, 3.05) is 26.4 Å². The van der Waals surface area contributed by atoms with Crippen molar-refractivity contribution in [3.8, 4) is 5.69 Å². The van der Waals surface area contributed by atoms with Gasteiger partial charge in [0.05, 0.1) is 36.0 Å². The van der Waals surface area contributed by atoms with Gasteiger partial charge in [-0.3, -0.25) is 4.99 Å². The summed E-state index contributed by atoms with van der Waals surface area (Å²) in [5.41, 5.74) is 3.79. The maximum absolute atomic E-state index is 14.4. The van der Waals surface area contributed by atoms with Crippen LogP contribution < -0.4 is 5.73 Å². The molecule has 0 aliphatic heterocycles. The Morgan fingerprint density at radius 3 is 2.52 bits per heavy atom. The van der Waals surface area contributed by atoms with Gasteiger partial charge in [0.2, 0.25) is 0 Å². The Balaban J connectivity index is 2.01. The maximum atomic E-state index is 14.4. The standard InChI is InChI=1S/C27H28Cl2F5N5O3/c1-4-41-7-8-42-25(21(40)13-36-12-16(11-35)18-5-6-19(29)24(31)23(18)30)26-37-15(3)38-39(26)20-10-17(28)9-14(2)22(20)27(32,33)34/h5-6,9-12,21,25,40H,4,7-8,13,35H2,1-3H3/b16-11+,36-12?/t21-,25?/m0/s1. The number of aliphatic imine (C=N–C) groups is 1. The number of aryl methyl sites for hydroxylation is 2. The molecule has 3 rings (SSSR count). The number of allylic oxidation sites excluding steroid dienone is 1. The van der Waals surface area contributed by atoms with Crippen LogP contribution in [0, 0.1) is 25.5 Å². The number of aliphatic hydroxyl groups excluding tert-OH is 1. The monoisotopic (exact) mass is 635 g/mol. The minimum atomic E-state index is -4.77. The molecule has 0 radical (unpaired) electrons. The van der Waals surface area contributed by atoms with Crippen LogP contribution in [0.4, 0.5) is 22.0 Å². The Kier molecular flexibility index (Phi) is 11.4. The first-order valence-electron chi connectivity index (χ1n) is 12.5. The lowest BCUT2D eigenvalue weighted by molar-refractivity contribution is -0.138. The largest absolute Gasteiger partial charge is 0.418 e. The van der Waals surface area contributed by atoms with Crippen LogP contribution in [0.2, 0.25) is 10.0 Å². The first-order chi connectivity index (χ1) is 19.8. The number of nitrogens with zero attached hydrogens (tertiary/aromatic N) is 4. The third-order valence-electron chi connectivity index (χ3n) is 5.91. The zero-order valence-corrected chi connectivity index (χ0v) is 24.2. The highest BCUT2D eigenvalue weighted by Crippen LogP contribution is 2.39. The predicted octanol–water partition coefficient (Wildman–Crippen LogP) is 6.01. The van der Waals surface area contributed by atoms with E-state index in [1.165, 1.54) is 26.0 Å². The van der Waals surface area contributed by atoms with Crippen LogP contribution in [0.25, 0.3) is 11.3 Å². The van der Waals surface area contributed by atoms with Crippen molar-refractivity contribution >= 4 is 35.0 Å². The normalized spacial score (nSPS) is 14.1. The van der Waals surface area contributed by atoms with Gasteiger partial charge in [-0.2, -0.15) is 18.3 Å². The summed E-state index contributed by atoms with van der Waals surface area (Å²) < 4.78 is 82.7. The smallest absolute Gasteiger partial charge is 0.404 e. The van der Waals surface area contributed by atoms with Crippen LogP contribution in [0.1, 0.15) is 41.4 Å². The molecule has 0 spiro atoms. The van der Waals surface area contributed by atoms with Gasteiger partial charge < -0.3 is 20.3 Å². The Hall–Kier alpha value is -3.10. The van der Waals surface area contributed by atoms with E-state index in [-0.39, 0.29) is 46.6 Å². The molecule has 1 heterocycles. The molecule has 15 heteroatoms. The number of benzene rings is 2. The van der Waals surface area contributed by atoms with Crippen LogP contribution >= 0.6 is 23.2 Å². The molecule has 0 aliphatic rings. The average Bonchev–Trinajstić information content (AvgIpc) is 3.30. The molecule has 3 aromatic rings. The fraction of sp³-hybridized carbons (Fsp3) is 0.370. The van der Waals surface area contributed by atoms with Crippen molar-refractivity contribution in [2.24, 2.45) is 10.7 Å². The molecule has 0 amide bonds. The number of aliphatic hydroxyl groups is 1. The van der Waals surface area contributed by atoms with E-state index in [1.54, 1.807) is 6.92 Å². The second-order valence-corrected chi connectivity index (χ2v) is 9.78. The molecule has 1 unspecified atom stereocenters. The lowest BCUT2D eigenvalue weighted by Gasteiger charge is -2.24. The minimum Gasteiger partial charge on any atom is -0.404 e. The summed E-state index contributed by atoms with van der Waals surface area (Å²) in [5, 5.41) is 14.9. The van der Waals surface area contributed by atoms with E-state index < -0.39 is 52.8 Å². The third-order valence-corrected chi connectivity index (χ3v) is 6.42. The highest BCUT2D eigenvalue weighted by molar-refractivity contribution is 6.31. The molecule has 0 saturated carbocycles. The lowest BCUT2D eigenvalue weighted by atomic mass is 10.1. The number of hydrogen-bond acceptors (Lipinski definition) is 7. The Bertz CT molecular complexity index is 1460. The predicted molar refractivity (Wildman–Crippen MR) is 149 cm³/mol. The van der Waals surface area contributed by atoms with Gasteiger partial charge in [-0.15, -0.1) is 0 Å². The van der Waals surface area contributed by atoms with E-state index in [2.05, 4.69) is 15.1 Å². The van der Waals surface area contributed by atoms with Gasteiger partial charge >= 0.3 is 6.18 Å². The summed E-state index contributed by atoms with van der Waals surface area (Å²) in [6.45, 7) is 4.52. The number of hydrogen-bond donors (Lipinski definition) is 2. The first-order valence-corrected chi connectivity index (χ1v) is 13.3. The van der Waals surface area contributed by atoms with Crippen molar-refractivity contribution in [1.82, 2.24) is 14.8 Å². The van der Waals surface area contributed by atoms with Gasteiger partial charge in [0.15, 0.2) is 17.5 Å². The highest BCUT2D eigenvalue weighted by atomic mass is 35.5. The Labute approximate surface area is 248 Å². The van der Waals surface area contributed by atoms with Crippen molar-refractivity contribution in [1.29, 1.82) is 0 Å². The van der Waals surface area contributed by atoms with Gasteiger partial charge in [-0.25, -0.2) is 18.4 Å². The van der Waals surface area contributed by atoms with Crippen LogP contribution in [0.5, 0.6) is 0 Å². The average molecular weight is 636 g/mol. The summed E-state index contributed by atoms with van der Waals surface area (Å²) in [6.07, 6.45) is -5.52. The fourth-order valence-electron chi connectivity index (χ4n) is 4.10. The van der Waals surface area contributed by atoms with Crippen LogP contribution in [0.15, 0.2) is 35.5 Å². The molecule has 0 aliphatic carbocycles. The molecule has 42 heavy (non-hydrogen) atoms.